The molecule has 0 aromatic carbocycles. The van der Waals surface area contributed by atoms with E-state index >= 15 is 0 Å². The first kappa shape index (κ1) is 74.4. The van der Waals surface area contributed by atoms with E-state index in [2.05, 4.69) is 40.4 Å². The Morgan fingerprint density at radius 2 is 0.538 bits per heavy atom. The van der Waals surface area contributed by atoms with E-state index < -0.39 is 36.6 Å². The maximum absolute atomic E-state index is 9.20. The zero-order chi connectivity index (χ0) is 31.9. The number of aliphatic imine (C=N–C) groups is 4. The molecule has 34 heteroatoms. The third-order valence-electron chi connectivity index (χ3n) is 3.95. The Labute approximate surface area is 315 Å². The monoisotopic (exact) mass is 934 g/mol. The average molecular weight is 935 g/mol. The minimum atomic E-state index is -5.67. The molecule has 2 aromatic heterocycles. The summed E-state index contributed by atoms with van der Waals surface area (Å²) in [5.41, 5.74) is 2.94. The van der Waals surface area contributed by atoms with E-state index in [1.165, 1.54) is 0 Å². The first-order chi connectivity index (χ1) is 19.4. The molecule has 6 heterocycles. The van der Waals surface area contributed by atoms with Crippen LogP contribution in [-0.2, 0) is 92.1 Å². The van der Waals surface area contributed by atoms with Gasteiger partial charge in [-0.3, -0.25) is 20.0 Å². The van der Waals surface area contributed by atoms with Gasteiger partial charge in [-0.05, 0) is 37.1 Å². The Morgan fingerprint density at radius 3 is 0.654 bits per heavy atom. The van der Waals surface area contributed by atoms with E-state index in [1.54, 1.807) is 24.9 Å². The van der Waals surface area contributed by atoms with Crippen LogP contribution in [0.4, 0.5) is 0 Å². The molecule has 52 heavy (non-hydrogen) atoms. The van der Waals surface area contributed by atoms with Crippen molar-refractivity contribution in [3.63, 3.8) is 0 Å². The van der Waals surface area contributed by atoms with Gasteiger partial charge in [-0.25, -0.2) is 33.7 Å². The predicted octanol–water partition coefficient (Wildman–Crippen LogP) is -9.57. The first-order valence-electron chi connectivity index (χ1n) is 10.9. The molecule has 0 unspecified atom stereocenters. The van der Waals surface area contributed by atoms with Crippen molar-refractivity contribution in [2.24, 2.45) is 20.0 Å². The largest absolute Gasteiger partial charge is 2.00 e. The van der Waals surface area contributed by atoms with E-state index in [1.807, 2.05) is 24.3 Å². The van der Waals surface area contributed by atoms with Crippen LogP contribution in [0.1, 0.15) is 35.6 Å². The van der Waals surface area contributed by atoms with Crippen molar-refractivity contribution in [1.29, 1.82) is 0 Å². The molecule has 20 N–H and O–H groups in total. The van der Waals surface area contributed by atoms with Gasteiger partial charge in [-0.2, -0.15) is 0 Å². The Hall–Kier alpha value is -2.83. The molecule has 2 radical (unpaired) electrons. The second-order valence-electron chi connectivity index (χ2n) is 7.25. The van der Waals surface area contributed by atoms with Crippen molar-refractivity contribution >= 4 is 61.5 Å². The van der Waals surface area contributed by atoms with Crippen LogP contribution in [0.25, 0.3) is 0 Å². The summed E-state index contributed by atoms with van der Waals surface area (Å²) in [4.78, 5) is 17.4. The smallest absolute Gasteiger partial charge is 0.736 e. The number of nitrogens with zero attached hydrogens (tertiary/aromatic N) is 8. The molecule has 0 aliphatic carbocycles. The summed E-state index contributed by atoms with van der Waals surface area (Å²) < 4.78 is 110. The van der Waals surface area contributed by atoms with Crippen molar-refractivity contribution in [3.05, 3.63) is 47.0 Å². The van der Waals surface area contributed by atoms with Gasteiger partial charge in [0.05, 0.1) is 0 Å². The fourth-order valence-electron chi connectivity index (χ4n) is 2.12. The van der Waals surface area contributed by atoms with Crippen molar-refractivity contribution in [1.82, 2.24) is 20.4 Å². The molecule has 28 nitrogen and oxygen atoms in total. The Balaban J connectivity index is -0.0000000732. The van der Waals surface area contributed by atoms with Crippen LogP contribution >= 0.6 is 0 Å². The molecular formula is C18H40Co2N8O20S4+4. The number of hydrogen-bond acceptors (Lipinski definition) is 20. The Kier molecular flexibility index (Phi) is 50.4. The topological polar surface area (TPSA) is 588 Å². The Bertz CT molecular complexity index is 1480. The van der Waals surface area contributed by atoms with Crippen LogP contribution in [0.5, 0.6) is 0 Å². The van der Waals surface area contributed by atoms with E-state index in [4.69, 9.17) is 0 Å². The Morgan fingerprint density at radius 1 is 0.385 bits per heavy atom. The van der Waals surface area contributed by atoms with Gasteiger partial charge in [-0.15, -0.1) is 20.4 Å². The maximum atomic E-state index is 9.20. The fourth-order valence-corrected chi connectivity index (χ4v) is 2.12. The van der Waals surface area contributed by atoms with E-state index in [0.717, 1.165) is 35.6 Å². The van der Waals surface area contributed by atoms with Gasteiger partial charge in [0.15, 0.2) is 36.6 Å². The van der Waals surface area contributed by atoms with Crippen molar-refractivity contribution in [3.8, 4) is 0 Å². The summed E-state index contributed by atoms with van der Waals surface area (Å²) >= 11 is 0. The number of aromatic nitrogens is 4. The van der Waals surface area contributed by atoms with Crippen LogP contribution in [0.15, 0.2) is 44.2 Å². The molecule has 4 aliphatic heterocycles. The molecule has 6 rings (SSSR count). The van der Waals surface area contributed by atoms with Crippen LogP contribution in [0, 0.1) is 0 Å². The summed E-state index contributed by atoms with van der Waals surface area (Å²) in [7, 11) is -22.7. The van der Waals surface area contributed by atoms with Crippen LogP contribution < -0.4 is 0 Å². The van der Waals surface area contributed by atoms with Crippen molar-refractivity contribution < 1.29 is 129 Å². The van der Waals surface area contributed by atoms with E-state index in [0.29, 0.717) is 26.2 Å². The normalized spacial score (nSPS) is 12.1. The molecule has 0 saturated heterocycles. The van der Waals surface area contributed by atoms with Gasteiger partial charge >= 0.3 is 33.6 Å². The number of rotatable bonds is 2. The molecule has 2 aromatic rings. The standard InChI is InChI=1S/C18H20N8.2Co.2H2O6S2.8H2O/c1-7-19-11-15-3-5-17(25-23-15)13-21-9-2-10-22-14-18-6-4-16(24-26-18)12-20-8-1;;;2*1-7(2,3)8(4,5)6;;;;;;;;/h3-6,11-14H,1-2,7-10H2;;;2*(H,1,2,3)(H,4,5,6);8*1H2/q;2*+2;;;;;;;;;;. The van der Waals surface area contributed by atoms with Gasteiger partial charge in [0, 0.05) is 51.0 Å². The molecule has 310 valence electrons. The van der Waals surface area contributed by atoms with Gasteiger partial charge in [-0.1, -0.05) is 0 Å². The second-order valence-corrected chi connectivity index (χ2v) is 15.4. The van der Waals surface area contributed by atoms with E-state index in [-0.39, 0.29) is 77.4 Å². The third kappa shape index (κ3) is 33.0. The second kappa shape index (κ2) is 35.2. The van der Waals surface area contributed by atoms with Gasteiger partial charge in [0.1, 0.15) is 22.8 Å². The zero-order valence-electron chi connectivity index (χ0n) is 25.9. The SMILES string of the molecule is C1=NCCCN=Cc2ccc(nn2)C=NCCCN=Cc2ccc1nn2.O.O.O.O.O=S(=O)([O-])S(=O)(=O)[O-].O=S(=O)([O-])S(=O)(=O)[O-].[Co+2].[Co+2].[OH3+].[OH3+].[OH3+].[OH3+]. The molecule has 0 fully saturated rings. The fraction of sp³-hybridized carbons (Fsp3) is 0.333. The quantitative estimate of drug-likeness (QED) is 0.153. The van der Waals surface area contributed by atoms with Gasteiger partial charge < -0.3 is 62.0 Å². The molecule has 0 spiro atoms. The van der Waals surface area contributed by atoms with Crippen LogP contribution in [-0.4, -0.2) is 145 Å². The zero-order valence-corrected chi connectivity index (χ0v) is 31.3. The average Bonchev–Trinajstić information content (AvgIpc) is 2.87. The molecule has 4 bridgehead atoms. The summed E-state index contributed by atoms with van der Waals surface area (Å²) in [5.74, 6) is 0. The van der Waals surface area contributed by atoms with Crippen molar-refractivity contribution in [2.45, 2.75) is 12.8 Å². The summed E-state index contributed by atoms with van der Waals surface area (Å²) in [6.45, 7) is 2.74. The molecule has 0 saturated carbocycles. The summed E-state index contributed by atoms with van der Waals surface area (Å²) in [5, 5.41) is 16.5. The van der Waals surface area contributed by atoms with E-state index in [9.17, 15) is 51.9 Å². The third-order valence-corrected chi connectivity index (χ3v) is 7.95. The molecular weight excluding hydrogens is 894 g/mol. The van der Waals surface area contributed by atoms with Crippen LogP contribution in [0.3, 0.4) is 0 Å². The summed E-state index contributed by atoms with van der Waals surface area (Å²) in [6.07, 6.45) is 8.61. The predicted molar refractivity (Wildman–Crippen MR) is 176 cm³/mol. The molecule has 0 atom stereocenters. The van der Waals surface area contributed by atoms with Crippen molar-refractivity contribution in [2.75, 3.05) is 26.2 Å². The maximum Gasteiger partial charge on any atom is 2.00 e. The van der Waals surface area contributed by atoms with Crippen LogP contribution in [0.2, 0.25) is 0 Å². The summed E-state index contributed by atoms with van der Waals surface area (Å²) in [6, 6.07) is 7.53. The first-order valence-corrected chi connectivity index (χ1v) is 17.6. The minimum Gasteiger partial charge on any atom is -0.736 e. The van der Waals surface area contributed by atoms with Gasteiger partial charge in [0.2, 0.25) is 0 Å². The minimum absolute atomic E-state index is 0. The van der Waals surface area contributed by atoms with Gasteiger partial charge in [0.25, 0.3) is 0 Å². The number of hydrogen-bond donors (Lipinski definition) is 0. The molecule has 4 aliphatic rings. The molecule has 0 amide bonds.